The number of carbonyl (C=O) groups is 2. The molecule has 0 bridgehead atoms. The van der Waals surface area contributed by atoms with Crippen molar-refractivity contribution in [2.24, 2.45) is 11.8 Å². The zero-order chi connectivity index (χ0) is 18.1. The second kappa shape index (κ2) is 7.42. The first-order valence-electron chi connectivity index (χ1n) is 10.3. The van der Waals surface area contributed by atoms with Crippen LogP contribution in [0, 0.1) is 11.8 Å². The molecular formula is C22H30N2O2. The number of benzene rings is 1. The first kappa shape index (κ1) is 17.6. The number of nitrogens with zero attached hydrogens (tertiary/aromatic N) is 1. The molecule has 2 aliphatic carbocycles. The van der Waals surface area contributed by atoms with Gasteiger partial charge in [0.2, 0.25) is 5.91 Å². The lowest BCUT2D eigenvalue weighted by molar-refractivity contribution is -0.127. The molecule has 1 saturated heterocycles. The van der Waals surface area contributed by atoms with E-state index in [0.717, 1.165) is 57.1 Å². The van der Waals surface area contributed by atoms with Gasteiger partial charge in [-0.2, -0.15) is 0 Å². The van der Waals surface area contributed by atoms with Gasteiger partial charge in [0, 0.05) is 30.6 Å². The minimum atomic E-state index is 0.118. The molecule has 0 unspecified atom stereocenters. The summed E-state index contributed by atoms with van der Waals surface area (Å²) in [6.45, 7) is 3.65. The largest absolute Gasteiger partial charge is 0.354 e. The summed E-state index contributed by atoms with van der Waals surface area (Å²) in [6, 6.07) is 6.30. The Morgan fingerprint density at radius 3 is 2.77 bits per heavy atom. The van der Waals surface area contributed by atoms with Crippen molar-refractivity contribution in [1.82, 2.24) is 10.2 Å². The normalized spacial score (nSPS) is 25.5. The third-order valence-corrected chi connectivity index (χ3v) is 6.60. The third kappa shape index (κ3) is 3.38. The van der Waals surface area contributed by atoms with Crippen molar-refractivity contribution in [1.29, 1.82) is 0 Å². The van der Waals surface area contributed by atoms with E-state index in [1.807, 2.05) is 17.0 Å². The summed E-state index contributed by atoms with van der Waals surface area (Å²) in [6.07, 6.45) is 8.50. The van der Waals surface area contributed by atoms with Crippen molar-refractivity contribution in [2.45, 2.75) is 64.3 Å². The number of likely N-dealkylation sites (tertiary alicyclic amines) is 1. The van der Waals surface area contributed by atoms with Crippen LogP contribution in [0.4, 0.5) is 0 Å². The molecular weight excluding hydrogens is 324 g/mol. The van der Waals surface area contributed by atoms with Crippen LogP contribution in [0.15, 0.2) is 18.2 Å². The van der Waals surface area contributed by atoms with Crippen LogP contribution in [-0.4, -0.2) is 35.8 Å². The van der Waals surface area contributed by atoms with Crippen LogP contribution in [-0.2, 0) is 17.6 Å². The van der Waals surface area contributed by atoms with E-state index in [0.29, 0.717) is 12.5 Å². The molecule has 2 atom stereocenters. The molecule has 1 N–H and O–H groups in total. The molecule has 1 aliphatic heterocycles. The van der Waals surface area contributed by atoms with Crippen LogP contribution in [0.25, 0.3) is 0 Å². The molecule has 2 fully saturated rings. The monoisotopic (exact) mass is 354 g/mol. The molecule has 4 nitrogen and oxygen atoms in total. The smallest absolute Gasteiger partial charge is 0.254 e. The van der Waals surface area contributed by atoms with E-state index in [4.69, 9.17) is 0 Å². The van der Waals surface area contributed by atoms with Crippen LogP contribution in [0.5, 0.6) is 0 Å². The maximum absolute atomic E-state index is 13.3. The average molecular weight is 354 g/mol. The first-order chi connectivity index (χ1) is 12.6. The minimum absolute atomic E-state index is 0.118. The highest BCUT2D eigenvalue weighted by molar-refractivity contribution is 5.96. The molecule has 1 aromatic carbocycles. The molecule has 4 heteroatoms. The van der Waals surface area contributed by atoms with E-state index in [1.165, 1.54) is 17.5 Å². The molecule has 26 heavy (non-hydrogen) atoms. The average Bonchev–Trinajstić information content (AvgIpc) is 3.06. The maximum atomic E-state index is 13.3. The number of carbonyl (C=O) groups excluding carboxylic acids is 2. The number of amides is 2. The molecule has 4 rings (SSSR count). The van der Waals surface area contributed by atoms with Gasteiger partial charge >= 0.3 is 0 Å². The number of rotatable bonds is 4. The van der Waals surface area contributed by atoms with Gasteiger partial charge in [-0.25, -0.2) is 0 Å². The highest BCUT2D eigenvalue weighted by Crippen LogP contribution is 2.30. The molecule has 140 valence electrons. The maximum Gasteiger partial charge on any atom is 0.254 e. The number of hydrogen-bond acceptors (Lipinski definition) is 2. The Labute approximate surface area is 156 Å². The molecule has 1 aromatic rings. The van der Waals surface area contributed by atoms with Gasteiger partial charge in [-0.1, -0.05) is 25.5 Å². The fourth-order valence-corrected chi connectivity index (χ4v) is 4.72. The van der Waals surface area contributed by atoms with Crippen molar-refractivity contribution in [3.8, 4) is 0 Å². The summed E-state index contributed by atoms with van der Waals surface area (Å²) in [5.41, 5.74) is 3.49. The van der Waals surface area contributed by atoms with Crippen LogP contribution in [0.3, 0.4) is 0 Å². The summed E-state index contributed by atoms with van der Waals surface area (Å²) < 4.78 is 0. The number of fused-ring (bicyclic) bond motifs is 1. The van der Waals surface area contributed by atoms with Crippen molar-refractivity contribution in [3.05, 3.63) is 34.9 Å². The molecule has 1 heterocycles. The Morgan fingerprint density at radius 1 is 1.15 bits per heavy atom. The SMILES string of the molecule is C[C@@H]1CCN(C(=O)c2cccc3c2CCC3)[C@H](CNC(=O)C2CCC2)C1. The lowest BCUT2D eigenvalue weighted by Crippen LogP contribution is -2.52. The van der Waals surface area contributed by atoms with Crippen molar-refractivity contribution in [2.75, 3.05) is 13.1 Å². The number of nitrogens with one attached hydrogen (secondary N) is 1. The van der Waals surface area contributed by atoms with Gasteiger partial charge in [-0.3, -0.25) is 9.59 Å². The number of piperidine rings is 1. The van der Waals surface area contributed by atoms with Gasteiger partial charge in [0.1, 0.15) is 0 Å². The second-order valence-electron chi connectivity index (χ2n) is 8.45. The summed E-state index contributed by atoms with van der Waals surface area (Å²) in [4.78, 5) is 27.6. The van der Waals surface area contributed by atoms with Crippen LogP contribution >= 0.6 is 0 Å². The zero-order valence-corrected chi connectivity index (χ0v) is 15.8. The van der Waals surface area contributed by atoms with Gasteiger partial charge in [0.15, 0.2) is 0 Å². The summed E-state index contributed by atoms with van der Waals surface area (Å²) in [5.74, 6) is 1.16. The van der Waals surface area contributed by atoms with Gasteiger partial charge in [-0.05, 0) is 68.1 Å². The van der Waals surface area contributed by atoms with E-state index in [1.54, 1.807) is 0 Å². The van der Waals surface area contributed by atoms with Crippen molar-refractivity contribution in [3.63, 3.8) is 0 Å². The summed E-state index contributed by atoms with van der Waals surface area (Å²) in [7, 11) is 0. The van der Waals surface area contributed by atoms with Gasteiger partial charge in [0.05, 0.1) is 0 Å². The van der Waals surface area contributed by atoms with E-state index < -0.39 is 0 Å². The first-order valence-corrected chi connectivity index (χ1v) is 10.3. The van der Waals surface area contributed by atoms with Crippen LogP contribution in [0.2, 0.25) is 0 Å². The molecule has 3 aliphatic rings. The topological polar surface area (TPSA) is 49.4 Å². The summed E-state index contributed by atoms with van der Waals surface area (Å²) >= 11 is 0. The molecule has 1 saturated carbocycles. The van der Waals surface area contributed by atoms with E-state index >= 15 is 0 Å². The van der Waals surface area contributed by atoms with Gasteiger partial charge < -0.3 is 10.2 Å². The fourth-order valence-electron chi connectivity index (χ4n) is 4.72. The Hall–Kier alpha value is -1.84. The Bertz CT molecular complexity index is 695. The fraction of sp³-hybridized carbons (Fsp3) is 0.636. The lowest BCUT2D eigenvalue weighted by atomic mass is 9.84. The second-order valence-corrected chi connectivity index (χ2v) is 8.45. The van der Waals surface area contributed by atoms with Crippen LogP contribution < -0.4 is 5.32 Å². The van der Waals surface area contributed by atoms with Crippen molar-refractivity contribution >= 4 is 11.8 Å². The predicted molar refractivity (Wildman–Crippen MR) is 102 cm³/mol. The lowest BCUT2D eigenvalue weighted by Gasteiger charge is -2.39. The summed E-state index contributed by atoms with van der Waals surface area (Å²) in [5, 5.41) is 3.13. The molecule has 0 spiro atoms. The van der Waals surface area contributed by atoms with E-state index in [-0.39, 0.29) is 23.8 Å². The van der Waals surface area contributed by atoms with Gasteiger partial charge in [-0.15, -0.1) is 0 Å². The van der Waals surface area contributed by atoms with E-state index in [2.05, 4.69) is 18.3 Å². The molecule has 2 amide bonds. The Morgan fingerprint density at radius 2 is 2.00 bits per heavy atom. The zero-order valence-electron chi connectivity index (χ0n) is 15.8. The van der Waals surface area contributed by atoms with E-state index in [9.17, 15) is 9.59 Å². The highest BCUT2D eigenvalue weighted by atomic mass is 16.2. The van der Waals surface area contributed by atoms with Crippen molar-refractivity contribution < 1.29 is 9.59 Å². The predicted octanol–water partition coefficient (Wildman–Crippen LogP) is 3.33. The Balaban J connectivity index is 1.48. The molecule has 0 radical (unpaired) electrons. The number of hydrogen-bond donors (Lipinski definition) is 1. The molecule has 0 aromatic heterocycles. The van der Waals surface area contributed by atoms with Gasteiger partial charge in [0.25, 0.3) is 5.91 Å². The highest BCUT2D eigenvalue weighted by Gasteiger charge is 2.33. The minimum Gasteiger partial charge on any atom is -0.354 e. The standard InChI is InChI=1S/C22H30N2O2/c1-15-11-12-24(18(13-15)14-23-21(25)17-7-2-8-17)22(26)20-10-4-6-16-5-3-9-19(16)20/h4,6,10,15,17-18H,2-3,5,7-9,11-14H2,1H3,(H,23,25)/t15-,18+/m1/s1. The Kier molecular flexibility index (Phi) is 5.01. The van der Waals surface area contributed by atoms with Crippen LogP contribution in [0.1, 0.15) is 66.9 Å². The number of aryl methyl sites for hydroxylation is 1. The quantitative estimate of drug-likeness (QED) is 0.902. The third-order valence-electron chi connectivity index (χ3n) is 6.60.